The lowest BCUT2D eigenvalue weighted by atomic mass is 10.1. The van der Waals surface area contributed by atoms with Gasteiger partial charge in [-0.3, -0.25) is 4.90 Å². The molecule has 0 aliphatic carbocycles. The largest absolute Gasteiger partial charge is 0.438 e. The molecule has 1 N–H and O–H groups in total. The normalized spacial score (nSPS) is 12.3. The first-order valence-corrected chi connectivity index (χ1v) is 11.5. The van der Waals surface area contributed by atoms with Crippen LogP contribution in [0, 0.1) is 12.7 Å². The minimum absolute atomic E-state index is 0.349. The number of aromatic nitrogens is 2. The molecule has 5 nitrogen and oxygen atoms in total. The predicted molar refractivity (Wildman–Crippen MR) is 126 cm³/mol. The van der Waals surface area contributed by atoms with Crippen LogP contribution in [0.15, 0.2) is 54.6 Å². The number of aliphatic hydroxyl groups excluding tert-OH is 1. The first kappa shape index (κ1) is 24.0. The van der Waals surface area contributed by atoms with Gasteiger partial charge in [0.1, 0.15) is 11.6 Å². The molecule has 0 bridgehead atoms. The Morgan fingerprint density at radius 1 is 1.09 bits per heavy atom. The lowest BCUT2D eigenvalue weighted by Crippen LogP contribution is -2.33. The molecule has 0 saturated carbocycles. The maximum atomic E-state index is 13.8. The van der Waals surface area contributed by atoms with E-state index in [9.17, 15) is 9.50 Å². The van der Waals surface area contributed by atoms with Crippen molar-refractivity contribution >= 4 is 0 Å². The zero-order chi connectivity index (χ0) is 22.9. The Morgan fingerprint density at radius 2 is 1.88 bits per heavy atom. The van der Waals surface area contributed by atoms with E-state index in [1.165, 1.54) is 12.1 Å². The topological polar surface area (TPSA) is 50.5 Å². The third kappa shape index (κ3) is 6.40. The van der Waals surface area contributed by atoms with Gasteiger partial charge in [-0.05, 0) is 50.6 Å². The monoisotopic (exact) mass is 439 g/mol. The Bertz CT molecular complexity index is 974. The third-order valence-electron chi connectivity index (χ3n) is 5.43. The summed E-state index contributed by atoms with van der Waals surface area (Å²) in [6.45, 7) is 8.29. The summed E-state index contributed by atoms with van der Waals surface area (Å²) >= 11 is 0. The zero-order valence-corrected chi connectivity index (χ0v) is 19.3. The van der Waals surface area contributed by atoms with Gasteiger partial charge in [-0.25, -0.2) is 9.07 Å². The van der Waals surface area contributed by atoms with Crippen molar-refractivity contribution in [3.63, 3.8) is 0 Å². The van der Waals surface area contributed by atoms with E-state index in [1.807, 2.05) is 37.3 Å². The fourth-order valence-corrected chi connectivity index (χ4v) is 3.82. The number of hydrogen-bond donors (Lipinski definition) is 1. The summed E-state index contributed by atoms with van der Waals surface area (Å²) in [4.78, 5) is 2.25. The fourth-order valence-electron chi connectivity index (χ4n) is 3.82. The average Bonchev–Trinajstić information content (AvgIpc) is 3.08. The van der Waals surface area contributed by atoms with Crippen molar-refractivity contribution in [3.05, 3.63) is 71.7 Å². The van der Waals surface area contributed by atoms with Crippen molar-refractivity contribution in [2.75, 3.05) is 13.1 Å². The number of aryl methyl sites for hydroxylation is 1. The van der Waals surface area contributed by atoms with Crippen molar-refractivity contribution in [1.82, 2.24) is 14.7 Å². The van der Waals surface area contributed by atoms with Gasteiger partial charge < -0.3 is 9.84 Å². The van der Waals surface area contributed by atoms with Gasteiger partial charge in [0.25, 0.3) is 0 Å². The summed E-state index contributed by atoms with van der Waals surface area (Å²) in [6.07, 6.45) is 3.50. The van der Waals surface area contributed by atoms with E-state index < -0.39 is 0 Å². The standard InChI is InChI=1S/C26H34FN3O2/c1-4-6-14-23(31)18-29(16-5-2)19-25-20(3)28-30(22-12-8-7-9-13-22)26(25)32-24-15-10-11-21(27)17-24/h7-13,15,17,23,31H,4-6,14,16,18-19H2,1-3H3/t23-/m0/s1. The summed E-state index contributed by atoms with van der Waals surface area (Å²) in [5, 5.41) is 15.3. The highest BCUT2D eigenvalue weighted by atomic mass is 19.1. The van der Waals surface area contributed by atoms with Gasteiger partial charge in [0, 0.05) is 19.2 Å². The highest BCUT2D eigenvalue weighted by molar-refractivity contribution is 5.43. The predicted octanol–water partition coefficient (Wildman–Crippen LogP) is 5.88. The van der Waals surface area contributed by atoms with E-state index >= 15 is 0 Å². The Kier molecular flexibility index (Phi) is 8.82. The maximum absolute atomic E-state index is 13.8. The molecule has 1 atom stereocenters. The molecular weight excluding hydrogens is 405 g/mol. The SMILES string of the molecule is CCCC[C@H](O)CN(CCC)Cc1c(C)nn(-c2ccccc2)c1Oc1cccc(F)c1. The maximum Gasteiger partial charge on any atom is 0.227 e. The minimum Gasteiger partial charge on any atom is -0.438 e. The number of aliphatic hydroxyl groups is 1. The molecule has 2 aromatic carbocycles. The van der Waals surface area contributed by atoms with E-state index in [4.69, 9.17) is 9.84 Å². The molecule has 0 radical (unpaired) electrons. The Balaban J connectivity index is 1.95. The first-order chi connectivity index (χ1) is 15.5. The molecule has 32 heavy (non-hydrogen) atoms. The Labute approximate surface area is 190 Å². The number of unbranched alkanes of at least 4 members (excludes halogenated alkanes) is 1. The average molecular weight is 440 g/mol. The van der Waals surface area contributed by atoms with E-state index in [-0.39, 0.29) is 11.9 Å². The lowest BCUT2D eigenvalue weighted by Gasteiger charge is -2.25. The van der Waals surface area contributed by atoms with E-state index in [1.54, 1.807) is 16.8 Å². The van der Waals surface area contributed by atoms with Gasteiger partial charge in [0.05, 0.1) is 23.0 Å². The molecule has 0 fully saturated rings. The van der Waals surface area contributed by atoms with E-state index in [2.05, 4.69) is 18.7 Å². The molecule has 0 unspecified atom stereocenters. The second-order valence-corrected chi connectivity index (χ2v) is 8.21. The highest BCUT2D eigenvalue weighted by Crippen LogP contribution is 2.32. The van der Waals surface area contributed by atoms with Crippen LogP contribution in [-0.4, -0.2) is 39.0 Å². The van der Waals surface area contributed by atoms with Crippen LogP contribution in [0.4, 0.5) is 4.39 Å². The molecule has 0 saturated heterocycles. The highest BCUT2D eigenvalue weighted by Gasteiger charge is 2.22. The van der Waals surface area contributed by atoms with Gasteiger partial charge >= 0.3 is 0 Å². The van der Waals surface area contributed by atoms with Crippen LogP contribution in [-0.2, 0) is 6.54 Å². The quantitative estimate of drug-likeness (QED) is 0.383. The van der Waals surface area contributed by atoms with Crippen LogP contribution >= 0.6 is 0 Å². The van der Waals surface area contributed by atoms with Gasteiger partial charge in [0.15, 0.2) is 0 Å². The molecule has 0 spiro atoms. The van der Waals surface area contributed by atoms with Crippen LogP contribution in [0.5, 0.6) is 11.6 Å². The molecule has 0 amide bonds. The number of nitrogens with zero attached hydrogens (tertiary/aromatic N) is 3. The van der Waals surface area contributed by atoms with Gasteiger partial charge in [-0.1, -0.05) is 51.0 Å². The number of halogens is 1. The zero-order valence-electron chi connectivity index (χ0n) is 19.3. The van der Waals surface area contributed by atoms with Crippen LogP contribution in [0.3, 0.4) is 0 Å². The third-order valence-corrected chi connectivity index (χ3v) is 5.43. The molecule has 0 aliphatic rings. The number of ether oxygens (including phenoxy) is 1. The fraction of sp³-hybridized carbons (Fsp3) is 0.423. The minimum atomic E-state index is -0.362. The number of hydrogen-bond acceptors (Lipinski definition) is 4. The molecule has 1 heterocycles. The van der Waals surface area contributed by atoms with Crippen LogP contribution in [0.2, 0.25) is 0 Å². The van der Waals surface area contributed by atoms with E-state index in [0.29, 0.717) is 24.7 Å². The molecule has 1 aromatic heterocycles. The van der Waals surface area contributed by atoms with Gasteiger partial charge in [-0.15, -0.1) is 0 Å². The number of rotatable bonds is 12. The summed E-state index contributed by atoms with van der Waals surface area (Å²) in [5.41, 5.74) is 2.66. The lowest BCUT2D eigenvalue weighted by molar-refractivity contribution is 0.0991. The van der Waals surface area contributed by atoms with Crippen molar-refractivity contribution < 1.29 is 14.2 Å². The van der Waals surface area contributed by atoms with Crippen molar-refractivity contribution in [1.29, 1.82) is 0 Å². The van der Waals surface area contributed by atoms with Crippen molar-refractivity contribution in [2.24, 2.45) is 0 Å². The summed E-state index contributed by atoms with van der Waals surface area (Å²) in [7, 11) is 0. The van der Waals surface area contributed by atoms with Crippen LogP contribution in [0.1, 0.15) is 50.8 Å². The van der Waals surface area contributed by atoms with Crippen molar-refractivity contribution in [3.8, 4) is 17.3 Å². The molecule has 0 aliphatic heterocycles. The first-order valence-electron chi connectivity index (χ1n) is 11.5. The summed E-state index contributed by atoms with van der Waals surface area (Å²) < 4.78 is 21.8. The molecule has 3 rings (SSSR count). The second kappa shape index (κ2) is 11.8. The summed E-state index contributed by atoms with van der Waals surface area (Å²) in [6, 6.07) is 15.9. The Hall–Kier alpha value is -2.70. The molecular formula is C26H34FN3O2. The molecule has 6 heteroatoms. The second-order valence-electron chi connectivity index (χ2n) is 8.21. The van der Waals surface area contributed by atoms with Crippen LogP contribution < -0.4 is 4.74 Å². The summed E-state index contributed by atoms with van der Waals surface area (Å²) in [5.74, 6) is 0.648. The van der Waals surface area contributed by atoms with Crippen LogP contribution in [0.25, 0.3) is 5.69 Å². The van der Waals surface area contributed by atoms with Gasteiger partial charge in [0.2, 0.25) is 5.88 Å². The molecule has 3 aromatic rings. The van der Waals surface area contributed by atoms with Crippen molar-refractivity contribution in [2.45, 2.75) is 59.1 Å². The Morgan fingerprint density at radius 3 is 2.56 bits per heavy atom. The smallest absolute Gasteiger partial charge is 0.227 e. The molecule has 172 valence electrons. The van der Waals surface area contributed by atoms with Gasteiger partial charge in [-0.2, -0.15) is 5.10 Å². The number of para-hydroxylation sites is 1. The van der Waals surface area contributed by atoms with E-state index in [0.717, 1.165) is 49.2 Å². The number of benzene rings is 2.